The van der Waals surface area contributed by atoms with Gasteiger partial charge in [-0.25, -0.2) is 9.78 Å². The van der Waals surface area contributed by atoms with Gasteiger partial charge in [0.2, 0.25) is 17.7 Å². The normalized spacial score (nSPS) is 15.9. The Hall–Kier alpha value is -7.75. The number of pyridine rings is 1. The van der Waals surface area contributed by atoms with Gasteiger partial charge in [-0.15, -0.1) is 0 Å². The van der Waals surface area contributed by atoms with Crippen molar-refractivity contribution in [2.45, 2.75) is 128 Å². The first-order valence-corrected chi connectivity index (χ1v) is 28.2. The van der Waals surface area contributed by atoms with Crippen LogP contribution in [-0.2, 0) is 52.0 Å². The second kappa shape index (κ2) is 29.1. The Morgan fingerprint density at radius 2 is 1.46 bits per heavy atom. The van der Waals surface area contributed by atoms with Crippen molar-refractivity contribution in [3.05, 3.63) is 119 Å². The second-order valence-corrected chi connectivity index (χ2v) is 21.5. The lowest BCUT2D eigenvalue weighted by Crippen LogP contribution is -2.52. The molecule has 2 saturated heterocycles. The highest BCUT2D eigenvalue weighted by atomic mass is 16.6. The molecule has 0 aliphatic carbocycles. The summed E-state index contributed by atoms with van der Waals surface area (Å²) in [4.78, 5) is 88.5. The van der Waals surface area contributed by atoms with Gasteiger partial charge in [-0.2, -0.15) is 5.10 Å². The number of ether oxygens (including phenoxy) is 5. The molecule has 81 heavy (non-hydrogen) atoms. The summed E-state index contributed by atoms with van der Waals surface area (Å²) in [5.41, 5.74) is 3.39. The number of likely N-dealkylation sites (tertiary alicyclic amines) is 1. The summed E-state index contributed by atoms with van der Waals surface area (Å²) >= 11 is 0. The fourth-order valence-corrected chi connectivity index (χ4v) is 9.90. The molecule has 2 fully saturated rings. The highest BCUT2D eigenvalue weighted by Gasteiger charge is 2.42. The lowest BCUT2D eigenvalue weighted by Gasteiger charge is -2.41. The molecule has 1 atom stereocenters. The molecule has 21 heteroatoms. The fraction of sp³-hybridized carbons (Fsp3) is 0.483. The Morgan fingerprint density at radius 1 is 0.778 bits per heavy atom. The Kier molecular flexibility index (Phi) is 21.3. The summed E-state index contributed by atoms with van der Waals surface area (Å²) in [7, 11) is 0. The lowest BCUT2D eigenvalue weighted by molar-refractivity contribution is -0.137. The van der Waals surface area contributed by atoms with Crippen molar-refractivity contribution in [1.29, 1.82) is 0 Å². The third-order valence-electron chi connectivity index (χ3n) is 14.3. The number of aromatic amines is 1. The maximum atomic E-state index is 13.5. The zero-order valence-corrected chi connectivity index (χ0v) is 46.7. The number of aromatic nitrogens is 4. The molecule has 3 aliphatic rings. The van der Waals surface area contributed by atoms with E-state index < -0.39 is 23.1 Å². The summed E-state index contributed by atoms with van der Waals surface area (Å²) in [6.45, 7) is 10.8. The molecule has 5 N–H and O–H groups in total. The predicted molar refractivity (Wildman–Crippen MR) is 302 cm³/mol. The van der Waals surface area contributed by atoms with Crippen LogP contribution < -0.4 is 26.0 Å². The van der Waals surface area contributed by atoms with Crippen molar-refractivity contribution in [3.8, 4) is 17.1 Å². The van der Waals surface area contributed by atoms with Gasteiger partial charge in [-0.05, 0) is 132 Å². The van der Waals surface area contributed by atoms with Gasteiger partial charge in [0.05, 0.1) is 33.0 Å². The molecule has 0 radical (unpaired) electrons. The van der Waals surface area contributed by atoms with Crippen molar-refractivity contribution in [2.24, 2.45) is 0 Å². The third-order valence-corrected chi connectivity index (χ3v) is 14.3. The van der Waals surface area contributed by atoms with E-state index in [0.717, 1.165) is 61.1 Å². The Bertz CT molecular complexity index is 2900. The van der Waals surface area contributed by atoms with Gasteiger partial charge in [-0.1, -0.05) is 37.1 Å². The molecule has 5 heterocycles. The number of hydrogen-bond donors (Lipinski definition) is 5. The molecular weight excluding hydrogens is 1040 g/mol. The van der Waals surface area contributed by atoms with E-state index in [2.05, 4.69) is 36.4 Å². The molecule has 3 aliphatic heterocycles. The first-order valence-electron chi connectivity index (χ1n) is 28.2. The van der Waals surface area contributed by atoms with Gasteiger partial charge in [0.15, 0.2) is 11.6 Å². The monoisotopic (exact) mass is 1110 g/mol. The number of rotatable bonds is 29. The smallest absolute Gasteiger partial charge is 0.410 e. The maximum Gasteiger partial charge on any atom is 0.410 e. The molecular formula is C60H76N10O11. The fourth-order valence-electron chi connectivity index (χ4n) is 9.90. The average Bonchev–Trinajstić information content (AvgIpc) is 4.25. The number of anilines is 2. The van der Waals surface area contributed by atoms with Gasteiger partial charge in [-0.3, -0.25) is 39.4 Å². The Labute approximate surface area is 473 Å². The number of piperidine rings is 2. The van der Waals surface area contributed by atoms with E-state index >= 15 is 0 Å². The van der Waals surface area contributed by atoms with Gasteiger partial charge < -0.3 is 49.4 Å². The van der Waals surface area contributed by atoms with E-state index in [-0.39, 0.29) is 49.1 Å². The van der Waals surface area contributed by atoms with Crippen LogP contribution in [0.4, 0.5) is 16.2 Å². The molecule has 0 saturated carbocycles. The van der Waals surface area contributed by atoms with Gasteiger partial charge in [0.25, 0.3) is 11.8 Å². The summed E-state index contributed by atoms with van der Waals surface area (Å²) in [5.74, 6) is 0.516. The molecule has 5 aromatic rings. The number of unbranched alkanes of at least 4 members (excludes halogenated alkanes) is 5. The summed E-state index contributed by atoms with van der Waals surface area (Å²) in [6, 6.07) is 23.3. The van der Waals surface area contributed by atoms with E-state index in [4.69, 9.17) is 28.7 Å². The number of hydrogen-bond acceptors (Lipinski definition) is 15. The van der Waals surface area contributed by atoms with Crippen LogP contribution in [0.15, 0.2) is 91.3 Å². The minimum atomic E-state index is -0.713. The number of amides is 6. The van der Waals surface area contributed by atoms with Gasteiger partial charge in [0.1, 0.15) is 22.9 Å². The molecule has 6 amide bonds. The van der Waals surface area contributed by atoms with E-state index in [0.29, 0.717) is 126 Å². The van der Waals surface area contributed by atoms with Crippen molar-refractivity contribution in [1.82, 2.24) is 40.6 Å². The van der Waals surface area contributed by atoms with Crippen molar-refractivity contribution >= 4 is 47.0 Å². The van der Waals surface area contributed by atoms with Gasteiger partial charge in [0, 0.05) is 98.3 Å². The molecule has 21 nitrogen and oxygen atoms in total. The number of nitrogens with one attached hydrogen (secondary N) is 5. The number of carbonyl (C=O) groups excluding carboxylic acids is 6. The van der Waals surface area contributed by atoms with Crippen molar-refractivity contribution in [2.75, 3.05) is 70.0 Å². The second-order valence-electron chi connectivity index (χ2n) is 21.5. The first kappa shape index (κ1) is 59.4. The number of fused-ring (bicyclic) bond motifs is 1. The lowest BCUT2D eigenvalue weighted by atomic mass is 9.86. The van der Waals surface area contributed by atoms with Gasteiger partial charge >= 0.3 is 6.09 Å². The largest absolute Gasteiger partial charge is 0.494 e. The van der Waals surface area contributed by atoms with Crippen LogP contribution in [0.25, 0.3) is 11.4 Å². The predicted octanol–water partition coefficient (Wildman–Crippen LogP) is 8.08. The summed E-state index contributed by atoms with van der Waals surface area (Å²) in [5, 5.41) is 19.6. The molecule has 432 valence electrons. The number of nitrogens with zero attached hydrogens (tertiary/aromatic N) is 5. The molecule has 0 bridgehead atoms. The van der Waals surface area contributed by atoms with Crippen LogP contribution in [0, 0.1) is 0 Å². The van der Waals surface area contributed by atoms with Crippen LogP contribution in [0.2, 0.25) is 0 Å². The van der Waals surface area contributed by atoms with E-state index in [1.54, 1.807) is 41.6 Å². The van der Waals surface area contributed by atoms with Crippen molar-refractivity contribution in [3.63, 3.8) is 0 Å². The van der Waals surface area contributed by atoms with E-state index in [1.165, 1.54) is 4.90 Å². The zero-order chi connectivity index (χ0) is 57.0. The van der Waals surface area contributed by atoms with E-state index in [1.807, 2.05) is 75.4 Å². The molecule has 1 unspecified atom stereocenters. The number of imide groups is 1. The topological polar surface area (TPSA) is 258 Å². The minimum Gasteiger partial charge on any atom is -0.494 e. The minimum absolute atomic E-state index is 0.139. The standard InChI is InChI=1S/C60H76N10O11/c1-59(2,3)81-58(76)69-30-26-60(27-31-69,57-65-53(67-68-57)43-24-28-61-29-25-43)66-45-14-11-13-44(39-45)54(73)62-40-42-18-20-46(21-19-42)80-34-10-5-4-8-32-77-35-37-79-38-36-78-33-9-6-7-17-51(71)63-49-16-12-15-47-48(49)41-70(56(47)75)50-22-23-52(72)64-55(50)74/h11-16,18-21,24-25,28-29,39,50,66H,4-10,17,22-23,26-27,30-38,40-41H2,1-3H3,(H,62,73)(H,63,71)(H,64,72,74)(H,65,67,68). The van der Waals surface area contributed by atoms with Crippen molar-refractivity contribution < 1.29 is 52.5 Å². The highest BCUT2D eigenvalue weighted by molar-refractivity contribution is 6.07. The van der Waals surface area contributed by atoms with Crippen LogP contribution in [0.3, 0.4) is 0 Å². The summed E-state index contributed by atoms with van der Waals surface area (Å²) < 4.78 is 28.7. The van der Waals surface area contributed by atoms with Crippen LogP contribution in [0.5, 0.6) is 5.75 Å². The highest BCUT2D eigenvalue weighted by Crippen LogP contribution is 2.37. The van der Waals surface area contributed by atoms with Crippen LogP contribution in [0.1, 0.15) is 135 Å². The average molecular weight is 1110 g/mol. The Morgan fingerprint density at radius 3 is 2.16 bits per heavy atom. The number of H-pyrrole nitrogens is 1. The first-order chi connectivity index (χ1) is 39.2. The number of carbonyl (C=O) groups is 6. The van der Waals surface area contributed by atoms with Crippen LogP contribution in [-0.4, -0.2) is 137 Å². The van der Waals surface area contributed by atoms with E-state index in [9.17, 15) is 28.8 Å². The maximum absolute atomic E-state index is 13.5. The third kappa shape index (κ3) is 17.4. The molecule has 3 aromatic carbocycles. The molecule has 0 spiro atoms. The number of benzene rings is 3. The summed E-state index contributed by atoms with van der Waals surface area (Å²) in [6.07, 6.45) is 11.2. The van der Waals surface area contributed by atoms with Crippen LogP contribution >= 0.6 is 0 Å². The molecule has 2 aromatic heterocycles. The Balaban J connectivity index is 0.629. The quantitative estimate of drug-likeness (QED) is 0.0224. The SMILES string of the molecule is CC(C)(C)OC(=O)N1CCC(Nc2cccc(C(=O)NCc3ccc(OCCCCCCOCCOCCOCCCCCC(=O)Nc4cccc5c4CN(C4CCC(=O)NC4=O)C5=O)cc3)c2)(c2nc(-c3ccncc3)n[nH]2)CC1. The zero-order valence-electron chi connectivity index (χ0n) is 46.7. The molecule has 8 rings (SSSR count).